The molecular weight excluding hydrogens is 299 g/mol. The van der Waals surface area contributed by atoms with Gasteiger partial charge in [0.25, 0.3) is 5.91 Å². The highest BCUT2D eigenvalue weighted by molar-refractivity contribution is 6.30. The van der Waals surface area contributed by atoms with E-state index in [1.165, 1.54) is 12.8 Å². The standard InChI is InChI=1S/C14H19ClN2O2.ClH/c15-11-3-5-13(6-4-11)19-10-14(18)17-9-7-12-2-1-8-16-12;/h3-6,12,16H,1-2,7-10H2,(H,17,18);1H/t12-;/m1./s1. The van der Waals surface area contributed by atoms with E-state index in [1.54, 1.807) is 24.3 Å². The number of carbonyl (C=O) groups excluding carboxylic acids is 1. The predicted molar refractivity (Wildman–Crippen MR) is 82.8 cm³/mol. The number of halogens is 2. The SMILES string of the molecule is Cl.O=C(COc1ccc(Cl)cc1)NCC[C@H]1CCCN1. The summed E-state index contributed by atoms with van der Waals surface area (Å²) in [4.78, 5) is 11.6. The van der Waals surface area contributed by atoms with Gasteiger partial charge in [0.05, 0.1) is 0 Å². The topological polar surface area (TPSA) is 50.4 Å². The van der Waals surface area contributed by atoms with E-state index < -0.39 is 0 Å². The Morgan fingerprint density at radius 1 is 1.40 bits per heavy atom. The van der Waals surface area contributed by atoms with Crippen LogP contribution in [-0.4, -0.2) is 31.6 Å². The normalized spacial score (nSPS) is 17.4. The number of benzene rings is 1. The maximum Gasteiger partial charge on any atom is 0.257 e. The van der Waals surface area contributed by atoms with Crippen molar-refractivity contribution in [2.24, 2.45) is 0 Å². The molecule has 0 radical (unpaired) electrons. The zero-order valence-corrected chi connectivity index (χ0v) is 12.8. The summed E-state index contributed by atoms with van der Waals surface area (Å²) in [7, 11) is 0. The Kier molecular flexibility index (Phi) is 7.73. The van der Waals surface area contributed by atoms with Crippen molar-refractivity contribution < 1.29 is 9.53 Å². The number of carbonyl (C=O) groups is 1. The van der Waals surface area contributed by atoms with Crippen LogP contribution in [0.5, 0.6) is 5.75 Å². The van der Waals surface area contributed by atoms with Gasteiger partial charge in [0.2, 0.25) is 0 Å². The minimum Gasteiger partial charge on any atom is -0.484 e. The first kappa shape index (κ1) is 17.1. The second-order valence-electron chi connectivity index (χ2n) is 4.67. The molecule has 0 bridgehead atoms. The quantitative estimate of drug-likeness (QED) is 0.846. The molecule has 1 heterocycles. The lowest BCUT2D eigenvalue weighted by atomic mass is 10.1. The van der Waals surface area contributed by atoms with Crippen molar-refractivity contribution in [3.8, 4) is 5.75 Å². The summed E-state index contributed by atoms with van der Waals surface area (Å²) in [6.07, 6.45) is 3.42. The highest BCUT2D eigenvalue weighted by atomic mass is 35.5. The molecule has 0 aromatic heterocycles. The smallest absolute Gasteiger partial charge is 0.257 e. The molecule has 6 heteroatoms. The van der Waals surface area contributed by atoms with E-state index in [9.17, 15) is 4.79 Å². The third-order valence-electron chi connectivity index (χ3n) is 3.16. The van der Waals surface area contributed by atoms with Crippen LogP contribution in [0.1, 0.15) is 19.3 Å². The maximum absolute atomic E-state index is 11.6. The van der Waals surface area contributed by atoms with E-state index >= 15 is 0 Å². The molecule has 4 nitrogen and oxygen atoms in total. The molecule has 0 spiro atoms. The van der Waals surface area contributed by atoms with Crippen molar-refractivity contribution in [1.82, 2.24) is 10.6 Å². The molecule has 1 fully saturated rings. The van der Waals surface area contributed by atoms with E-state index in [2.05, 4.69) is 10.6 Å². The summed E-state index contributed by atoms with van der Waals surface area (Å²) in [5.41, 5.74) is 0. The number of rotatable bonds is 6. The average Bonchev–Trinajstić information content (AvgIpc) is 2.91. The molecule has 1 aliphatic rings. The molecule has 1 amide bonds. The van der Waals surface area contributed by atoms with Gasteiger partial charge in [0, 0.05) is 17.6 Å². The number of amides is 1. The zero-order chi connectivity index (χ0) is 13.5. The van der Waals surface area contributed by atoms with Gasteiger partial charge in [-0.3, -0.25) is 4.79 Å². The molecule has 2 rings (SSSR count). The van der Waals surface area contributed by atoms with Crippen molar-refractivity contribution in [2.75, 3.05) is 19.7 Å². The first-order valence-corrected chi connectivity index (χ1v) is 7.00. The summed E-state index contributed by atoms with van der Waals surface area (Å²) in [5.74, 6) is 0.560. The van der Waals surface area contributed by atoms with E-state index in [1.807, 2.05) is 0 Å². The van der Waals surface area contributed by atoms with Gasteiger partial charge < -0.3 is 15.4 Å². The van der Waals surface area contributed by atoms with Crippen LogP contribution in [0.4, 0.5) is 0 Å². The Bertz CT molecular complexity index is 406. The Morgan fingerprint density at radius 2 is 2.15 bits per heavy atom. The fourth-order valence-corrected chi connectivity index (χ4v) is 2.25. The second kappa shape index (κ2) is 9.06. The molecule has 0 aliphatic carbocycles. The molecule has 1 saturated heterocycles. The van der Waals surface area contributed by atoms with Crippen molar-refractivity contribution in [2.45, 2.75) is 25.3 Å². The Hall–Kier alpha value is -0.970. The summed E-state index contributed by atoms with van der Waals surface area (Å²) >= 11 is 5.76. The van der Waals surface area contributed by atoms with Gasteiger partial charge in [-0.15, -0.1) is 12.4 Å². The second-order valence-corrected chi connectivity index (χ2v) is 5.11. The van der Waals surface area contributed by atoms with Crippen LogP contribution in [0.2, 0.25) is 5.02 Å². The summed E-state index contributed by atoms with van der Waals surface area (Å²) < 4.78 is 5.36. The first-order valence-electron chi connectivity index (χ1n) is 6.62. The van der Waals surface area contributed by atoms with Gasteiger partial charge in [0.15, 0.2) is 6.61 Å². The molecule has 2 N–H and O–H groups in total. The van der Waals surface area contributed by atoms with Crippen LogP contribution in [0, 0.1) is 0 Å². The van der Waals surface area contributed by atoms with E-state index in [0.29, 0.717) is 23.4 Å². The third kappa shape index (κ3) is 5.99. The van der Waals surface area contributed by atoms with E-state index in [-0.39, 0.29) is 24.9 Å². The first-order chi connectivity index (χ1) is 9.24. The number of hydrogen-bond donors (Lipinski definition) is 2. The third-order valence-corrected chi connectivity index (χ3v) is 3.41. The molecule has 0 unspecified atom stereocenters. The molecule has 1 aromatic rings. The fraction of sp³-hybridized carbons (Fsp3) is 0.500. The van der Waals surface area contributed by atoms with Crippen LogP contribution in [0.3, 0.4) is 0 Å². The Balaban J connectivity index is 0.00000200. The largest absolute Gasteiger partial charge is 0.484 e. The summed E-state index contributed by atoms with van der Waals surface area (Å²) in [6, 6.07) is 7.52. The van der Waals surface area contributed by atoms with Crippen LogP contribution < -0.4 is 15.4 Å². The van der Waals surface area contributed by atoms with E-state index in [4.69, 9.17) is 16.3 Å². The lowest BCUT2D eigenvalue weighted by molar-refractivity contribution is -0.123. The highest BCUT2D eigenvalue weighted by Crippen LogP contribution is 2.15. The minimum atomic E-state index is -0.0899. The van der Waals surface area contributed by atoms with E-state index in [0.717, 1.165) is 13.0 Å². The van der Waals surface area contributed by atoms with Crippen LogP contribution in [-0.2, 0) is 4.79 Å². The number of ether oxygens (including phenoxy) is 1. The van der Waals surface area contributed by atoms with Crippen molar-refractivity contribution in [3.05, 3.63) is 29.3 Å². The monoisotopic (exact) mass is 318 g/mol. The Labute approximate surface area is 130 Å². The molecule has 1 atom stereocenters. The highest BCUT2D eigenvalue weighted by Gasteiger charge is 2.13. The molecule has 1 aromatic carbocycles. The molecular formula is C14H20Cl2N2O2. The van der Waals surface area contributed by atoms with Crippen molar-refractivity contribution in [3.63, 3.8) is 0 Å². The average molecular weight is 319 g/mol. The van der Waals surface area contributed by atoms with Gasteiger partial charge in [-0.25, -0.2) is 0 Å². The van der Waals surface area contributed by atoms with Crippen molar-refractivity contribution in [1.29, 1.82) is 0 Å². The molecule has 1 aliphatic heterocycles. The lowest BCUT2D eigenvalue weighted by Crippen LogP contribution is -2.33. The molecule has 0 saturated carbocycles. The lowest BCUT2D eigenvalue weighted by Gasteiger charge is -2.11. The summed E-state index contributed by atoms with van der Waals surface area (Å²) in [6.45, 7) is 1.83. The Morgan fingerprint density at radius 3 is 2.80 bits per heavy atom. The minimum absolute atomic E-state index is 0. The van der Waals surface area contributed by atoms with Crippen LogP contribution in [0.15, 0.2) is 24.3 Å². The van der Waals surface area contributed by atoms with Gasteiger partial charge in [-0.1, -0.05) is 11.6 Å². The predicted octanol–water partition coefficient (Wildman–Crippen LogP) is 2.40. The van der Waals surface area contributed by atoms with Gasteiger partial charge in [-0.05, 0) is 50.1 Å². The maximum atomic E-state index is 11.6. The zero-order valence-electron chi connectivity index (χ0n) is 11.2. The number of nitrogens with one attached hydrogen (secondary N) is 2. The summed E-state index contributed by atoms with van der Waals surface area (Å²) in [5, 5.41) is 6.91. The molecule has 112 valence electrons. The van der Waals surface area contributed by atoms with Crippen molar-refractivity contribution >= 4 is 29.9 Å². The fourth-order valence-electron chi connectivity index (χ4n) is 2.12. The van der Waals surface area contributed by atoms with Crippen LogP contribution >= 0.6 is 24.0 Å². The number of hydrogen-bond acceptors (Lipinski definition) is 3. The van der Waals surface area contributed by atoms with Gasteiger partial charge >= 0.3 is 0 Å². The van der Waals surface area contributed by atoms with Crippen LogP contribution in [0.25, 0.3) is 0 Å². The molecule has 20 heavy (non-hydrogen) atoms. The van der Waals surface area contributed by atoms with Gasteiger partial charge in [0.1, 0.15) is 5.75 Å². The van der Waals surface area contributed by atoms with Gasteiger partial charge in [-0.2, -0.15) is 0 Å².